The van der Waals surface area contributed by atoms with Crippen LogP contribution < -0.4 is 9.64 Å². The molecular formula is C20H24N4O2S. The summed E-state index contributed by atoms with van der Waals surface area (Å²) in [6.45, 7) is 4.07. The Morgan fingerprint density at radius 2 is 1.93 bits per heavy atom. The molecule has 0 radical (unpaired) electrons. The molecule has 0 amide bonds. The van der Waals surface area contributed by atoms with E-state index in [0.29, 0.717) is 10.9 Å². The number of piperazine rings is 1. The van der Waals surface area contributed by atoms with Crippen LogP contribution in [-0.2, 0) is 16.9 Å². The zero-order chi connectivity index (χ0) is 18.8. The maximum atomic E-state index is 13.0. The third-order valence-electron chi connectivity index (χ3n) is 5.01. The maximum absolute atomic E-state index is 13.0. The van der Waals surface area contributed by atoms with Gasteiger partial charge in [-0.3, -0.25) is 4.98 Å². The molecule has 1 unspecified atom stereocenters. The number of benzene rings is 2. The lowest BCUT2D eigenvalue weighted by Crippen LogP contribution is -2.44. The van der Waals surface area contributed by atoms with E-state index in [4.69, 9.17) is 4.74 Å². The number of imidazole rings is 1. The average molecular weight is 385 g/mol. The van der Waals surface area contributed by atoms with Gasteiger partial charge in [0.2, 0.25) is 0 Å². The predicted octanol–water partition coefficient (Wildman–Crippen LogP) is 2.63. The highest BCUT2D eigenvalue weighted by molar-refractivity contribution is 7.90. The summed E-state index contributed by atoms with van der Waals surface area (Å²) in [6.07, 6.45) is 0. The van der Waals surface area contributed by atoms with Gasteiger partial charge < -0.3 is 19.1 Å². The van der Waals surface area contributed by atoms with E-state index in [2.05, 4.69) is 38.9 Å². The number of methoxy groups -OCH3 is 1. The van der Waals surface area contributed by atoms with Crippen molar-refractivity contribution in [2.75, 3.05) is 45.2 Å². The molecule has 6 nitrogen and oxygen atoms in total. The Morgan fingerprint density at radius 1 is 1.15 bits per heavy atom. The number of ether oxygens (including phenoxy) is 1. The first-order valence-electron chi connectivity index (χ1n) is 9.07. The predicted molar refractivity (Wildman–Crippen MR) is 109 cm³/mol. The number of H-pyrrole nitrogens is 1. The van der Waals surface area contributed by atoms with Crippen molar-refractivity contribution in [3.8, 4) is 5.75 Å². The minimum atomic E-state index is -1.24. The van der Waals surface area contributed by atoms with E-state index in [1.807, 2.05) is 30.3 Å². The van der Waals surface area contributed by atoms with Crippen LogP contribution in [0.25, 0.3) is 11.0 Å². The number of likely N-dealkylation sites (N-methyl/N-ethyl adjacent to an activating group) is 1. The van der Waals surface area contributed by atoms with E-state index in [-0.39, 0.29) is 0 Å². The Labute approximate surface area is 162 Å². The zero-order valence-corrected chi connectivity index (χ0v) is 16.5. The number of hydrogen-bond donors (Lipinski definition) is 1. The topological polar surface area (TPSA) is 67.5 Å². The van der Waals surface area contributed by atoms with Crippen molar-refractivity contribution in [3.05, 3.63) is 48.0 Å². The molecule has 4 rings (SSSR count). The van der Waals surface area contributed by atoms with Crippen LogP contribution in [0.4, 0.5) is 5.69 Å². The summed E-state index contributed by atoms with van der Waals surface area (Å²) in [4.78, 5) is 12.4. The normalized spacial score (nSPS) is 16.6. The second kappa shape index (κ2) is 7.80. The summed E-state index contributed by atoms with van der Waals surface area (Å²) >= 11 is -1.24. The Hall–Kier alpha value is -2.22. The van der Waals surface area contributed by atoms with Gasteiger partial charge in [0.25, 0.3) is 0 Å². The molecule has 1 atom stereocenters. The number of nitrogens with one attached hydrogen (secondary N) is 1. The van der Waals surface area contributed by atoms with Crippen LogP contribution in [0, 0.1) is 0 Å². The quantitative estimate of drug-likeness (QED) is 0.685. The van der Waals surface area contributed by atoms with E-state index in [1.54, 1.807) is 7.11 Å². The van der Waals surface area contributed by atoms with Crippen LogP contribution in [0.2, 0.25) is 0 Å². The molecule has 0 saturated carbocycles. The monoisotopic (exact) mass is 384 g/mol. The molecule has 1 N–H and O–H groups in total. The van der Waals surface area contributed by atoms with Gasteiger partial charge in [0.1, 0.15) is 11.5 Å². The fourth-order valence-electron chi connectivity index (χ4n) is 3.40. The number of para-hydroxylation sites is 1. The second-order valence-corrected chi connectivity index (χ2v) is 8.20. The molecule has 3 aromatic rings. The molecule has 1 aliphatic heterocycles. The van der Waals surface area contributed by atoms with Gasteiger partial charge in [-0.1, -0.05) is 18.2 Å². The van der Waals surface area contributed by atoms with E-state index >= 15 is 0 Å². The number of aromatic amines is 1. The lowest BCUT2D eigenvalue weighted by Gasteiger charge is -2.35. The minimum absolute atomic E-state index is 0.444. The molecule has 0 spiro atoms. The number of fused-ring (bicyclic) bond motifs is 1. The van der Waals surface area contributed by atoms with Crippen molar-refractivity contribution in [1.82, 2.24) is 14.9 Å². The fourth-order valence-corrected chi connectivity index (χ4v) is 4.48. The summed E-state index contributed by atoms with van der Waals surface area (Å²) in [7, 11) is 3.77. The number of rotatable bonds is 5. The van der Waals surface area contributed by atoms with Crippen LogP contribution in [-0.4, -0.2) is 59.8 Å². The lowest BCUT2D eigenvalue weighted by atomic mass is 10.1. The van der Waals surface area contributed by atoms with Gasteiger partial charge in [-0.2, -0.15) is 4.98 Å². The van der Waals surface area contributed by atoms with E-state index < -0.39 is 11.2 Å². The Bertz CT molecular complexity index is 921. The third-order valence-corrected chi connectivity index (χ3v) is 6.20. The van der Waals surface area contributed by atoms with Gasteiger partial charge in [0.15, 0.2) is 0 Å². The molecule has 1 fully saturated rings. The molecule has 1 saturated heterocycles. The van der Waals surface area contributed by atoms with Crippen molar-refractivity contribution in [2.24, 2.45) is 0 Å². The summed E-state index contributed by atoms with van der Waals surface area (Å²) in [6, 6.07) is 13.9. The van der Waals surface area contributed by atoms with Crippen LogP contribution >= 0.6 is 0 Å². The number of hydrogen-bond acceptors (Lipinski definition) is 5. The van der Waals surface area contributed by atoms with Crippen molar-refractivity contribution >= 4 is 27.9 Å². The Balaban J connectivity index is 1.55. The van der Waals surface area contributed by atoms with Crippen molar-refractivity contribution in [3.63, 3.8) is 0 Å². The lowest BCUT2D eigenvalue weighted by molar-refractivity contribution is 0.312. The highest BCUT2D eigenvalue weighted by atomic mass is 32.2. The molecule has 2 aromatic carbocycles. The standard InChI is InChI=1S/C20H24N4O2S/c1-23-9-11-24(12-10-23)19-6-4-3-5-15(19)14-27(25)20-21-17-8-7-16(26-2)13-18(17)22-20/h3-8,13H,9-12,14H2,1-2H3,(H,21,22). The molecule has 0 bridgehead atoms. The smallest absolute Gasteiger partial charge is 0.321 e. The van der Waals surface area contributed by atoms with Crippen LogP contribution in [0.15, 0.2) is 47.6 Å². The van der Waals surface area contributed by atoms with Crippen molar-refractivity contribution in [2.45, 2.75) is 10.9 Å². The van der Waals surface area contributed by atoms with Gasteiger partial charge in [-0.05, 0) is 25.2 Å². The molecule has 0 aliphatic carbocycles. The average Bonchev–Trinajstić information content (AvgIpc) is 3.12. The molecule has 142 valence electrons. The molecule has 1 aromatic heterocycles. The number of aromatic nitrogens is 2. The van der Waals surface area contributed by atoms with Gasteiger partial charge >= 0.3 is 5.16 Å². The summed E-state index contributed by atoms with van der Waals surface area (Å²) in [5.41, 5.74) is 3.91. The van der Waals surface area contributed by atoms with Crippen LogP contribution in [0.3, 0.4) is 0 Å². The SMILES string of the molecule is COc1ccc2[nH]c([S+]([O-])Cc3ccccc3N3CCN(C)CC3)nc2c1. The van der Waals surface area contributed by atoms with E-state index in [0.717, 1.165) is 48.5 Å². The van der Waals surface area contributed by atoms with Gasteiger partial charge in [0.05, 0.1) is 18.1 Å². The first-order chi connectivity index (χ1) is 13.1. The zero-order valence-electron chi connectivity index (χ0n) is 15.6. The molecule has 7 heteroatoms. The summed E-state index contributed by atoms with van der Waals surface area (Å²) < 4.78 is 18.2. The molecular weight excluding hydrogens is 360 g/mol. The van der Waals surface area contributed by atoms with Crippen LogP contribution in [0.1, 0.15) is 5.56 Å². The minimum Gasteiger partial charge on any atom is -0.609 e. The van der Waals surface area contributed by atoms with Gasteiger partial charge in [0, 0.05) is 54.7 Å². The van der Waals surface area contributed by atoms with Gasteiger partial charge in [-0.15, -0.1) is 0 Å². The number of nitrogens with zero attached hydrogens (tertiary/aromatic N) is 3. The molecule has 1 aliphatic rings. The van der Waals surface area contributed by atoms with Crippen molar-refractivity contribution in [1.29, 1.82) is 0 Å². The third kappa shape index (κ3) is 3.90. The largest absolute Gasteiger partial charge is 0.609 e. The fraction of sp³-hybridized carbons (Fsp3) is 0.350. The summed E-state index contributed by atoms with van der Waals surface area (Å²) in [5.74, 6) is 1.19. The van der Waals surface area contributed by atoms with Crippen molar-refractivity contribution < 1.29 is 9.29 Å². The highest BCUT2D eigenvalue weighted by Crippen LogP contribution is 2.27. The van der Waals surface area contributed by atoms with E-state index in [9.17, 15) is 4.55 Å². The first kappa shape index (κ1) is 18.2. The first-order valence-corrected chi connectivity index (χ1v) is 10.4. The van der Waals surface area contributed by atoms with Crippen LogP contribution in [0.5, 0.6) is 5.75 Å². The van der Waals surface area contributed by atoms with E-state index in [1.165, 1.54) is 5.69 Å². The second-order valence-electron chi connectivity index (χ2n) is 6.83. The summed E-state index contributed by atoms with van der Waals surface area (Å²) in [5, 5.41) is 0.506. The van der Waals surface area contributed by atoms with Gasteiger partial charge in [-0.25, -0.2) is 0 Å². The Kier molecular flexibility index (Phi) is 5.24. The number of anilines is 1. The molecule has 2 heterocycles. The molecule has 27 heavy (non-hydrogen) atoms. The Morgan fingerprint density at radius 3 is 2.70 bits per heavy atom. The maximum Gasteiger partial charge on any atom is 0.321 e. The highest BCUT2D eigenvalue weighted by Gasteiger charge is 2.22.